The van der Waals surface area contributed by atoms with Crippen LogP contribution >= 0.6 is 0 Å². The number of aliphatic hydroxyl groups is 1. The predicted octanol–water partition coefficient (Wildman–Crippen LogP) is 5.22. The summed E-state index contributed by atoms with van der Waals surface area (Å²) < 4.78 is 5.45. The maximum absolute atomic E-state index is 12.7. The SMILES string of the molecule is Cc1ccc(-c2ccc(CC(C[C@H](O)[C@@H](N)Cc3ccccc3)NC(=O)OCc3ccccc3)cc2)nc1. The third-order valence-corrected chi connectivity index (χ3v) is 6.51. The number of hydrogen-bond donors (Lipinski definition) is 3. The van der Waals surface area contributed by atoms with Crippen LogP contribution in [0.2, 0.25) is 0 Å². The molecule has 0 spiro atoms. The highest BCUT2D eigenvalue weighted by Crippen LogP contribution is 2.19. The Morgan fingerprint density at radius 3 is 2.13 bits per heavy atom. The molecule has 4 rings (SSSR count). The number of aliphatic hydroxyl groups excluding tert-OH is 1. The van der Waals surface area contributed by atoms with Gasteiger partial charge in [-0.2, -0.15) is 0 Å². The molecule has 3 aromatic carbocycles. The Morgan fingerprint density at radius 1 is 0.868 bits per heavy atom. The highest BCUT2D eigenvalue weighted by atomic mass is 16.5. The van der Waals surface area contributed by atoms with Crippen LogP contribution in [-0.2, 0) is 24.2 Å². The molecule has 0 aliphatic heterocycles. The average molecular weight is 510 g/mol. The Morgan fingerprint density at radius 2 is 1.50 bits per heavy atom. The first kappa shape index (κ1) is 27.0. The van der Waals surface area contributed by atoms with Gasteiger partial charge in [0.2, 0.25) is 0 Å². The monoisotopic (exact) mass is 509 g/mol. The van der Waals surface area contributed by atoms with Crippen molar-refractivity contribution in [2.24, 2.45) is 5.73 Å². The zero-order valence-electron chi connectivity index (χ0n) is 21.7. The molecule has 38 heavy (non-hydrogen) atoms. The number of carbonyl (C=O) groups is 1. The molecule has 1 aromatic heterocycles. The summed E-state index contributed by atoms with van der Waals surface area (Å²) in [5.74, 6) is 0. The molecule has 0 aliphatic carbocycles. The van der Waals surface area contributed by atoms with E-state index < -0.39 is 18.2 Å². The van der Waals surface area contributed by atoms with Crippen molar-refractivity contribution in [2.75, 3.05) is 0 Å². The minimum Gasteiger partial charge on any atom is -0.445 e. The zero-order chi connectivity index (χ0) is 26.7. The van der Waals surface area contributed by atoms with Crippen molar-refractivity contribution in [3.05, 3.63) is 126 Å². The molecule has 196 valence electrons. The van der Waals surface area contributed by atoms with E-state index in [1.54, 1.807) is 0 Å². The lowest BCUT2D eigenvalue weighted by Crippen LogP contribution is -2.44. The van der Waals surface area contributed by atoms with Gasteiger partial charge in [0.15, 0.2) is 0 Å². The van der Waals surface area contributed by atoms with Crippen LogP contribution < -0.4 is 11.1 Å². The molecule has 0 radical (unpaired) electrons. The molecular weight excluding hydrogens is 474 g/mol. The third kappa shape index (κ3) is 8.26. The van der Waals surface area contributed by atoms with Crippen LogP contribution in [0.25, 0.3) is 11.3 Å². The molecule has 0 saturated carbocycles. The fourth-order valence-electron chi connectivity index (χ4n) is 4.35. The van der Waals surface area contributed by atoms with Gasteiger partial charge in [-0.1, -0.05) is 91.0 Å². The van der Waals surface area contributed by atoms with Crippen LogP contribution in [0.3, 0.4) is 0 Å². The molecular formula is C32H35N3O3. The van der Waals surface area contributed by atoms with Crippen LogP contribution in [-0.4, -0.2) is 34.4 Å². The number of alkyl carbamates (subject to hydrolysis) is 1. The molecule has 6 nitrogen and oxygen atoms in total. The van der Waals surface area contributed by atoms with E-state index in [2.05, 4.69) is 10.3 Å². The van der Waals surface area contributed by atoms with Crippen molar-refractivity contribution < 1.29 is 14.6 Å². The first-order chi connectivity index (χ1) is 18.5. The van der Waals surface area contributed by atoms with Gasteiger partial charge in [0, 0.05) is 23.8 Å². The smallest absolute Gasteiger partial charge is 0.407 e. The number of carbonyl (C=O) groups excluding carboxylic acids is 1. The molecule has 4 N–H and O–H groups in total. The zero-order valence-corrected chi connectivity index (χ0v) is 21.7. The Hall–Kier alpha value is -4.00. The topological polar surface area (TPSA) is 97.5 Å². The van der Waals surface area contributed by atoms with Crippen molar-refractivity contribution in [3.63, 3.8) is 0 Å². The van der Waals surface area contributed by atoms with E-state index in [0.29, 0.717) is 19.3 Å². The van der Waals surface area contributed by atoms with E-state index in [1.807, 2.05) is 110 Å². The van der Waals surface area contributed by atoms with Crippen molar-refractivity contribution in [2.45, 2.75) is 51.0 Å². The van der Waals surface area contributed by atoms with E-state index in [9.17, 15) is 9.90 Å². The van der Waals surface area contributed by atoms with E-state index in [0.717, 1.165) is 33.5 Å². The molecule has 1 unspecified atom stereocenters. The summed E-state index contributed by atoms with van der Waals surface area (Å²) in [6, 6.07) is 30.7. The Labute approximate surface area is 224 Å². The summed E-state index contributed by atoms with van der Waals surface area (Å²) in [7, 11) is 0. The molecule has 4 aromatic rings. The quantitative estimate of drug-likeness (QED) is 0.258. The van der Waals surface area contributed by atoms with Crippen LogP contribution in [0.15, 0.2) is 103 Å². The molecule has 0 aliphatic rings. The highest BCUT2D eigenvalue weighted by molar-refractivity contribution is 5.67. The fourth-order valence-corrected chi connectivity index (χ4v) is 4.35. The minimum atomic E-state index is -0.800. The predicted molar refractivity (Wildman–Crippen MR) is 150 cm³/mol. The summed E-state index contributed by atoms with van der Waals surface area (Å²) >= 11 is 0. The second kappa shape index (κ2) is 13.5. The number of rotatable bonds is 11. The molecule has 1 amide bonds. The molecule has 3 atom stereocenters. The van der Waals surface area contributed by atoms with Crippen LogP contribution in [0.4, 0.5) is 4.79 Å². The molecule has 0 bridgehead atoms. The number of aromatic nitrogens is 1. The van der Waals surface area contributed by atoms with E-state index in [-0.39, 0.29) is 12.6 Å². The summed E-state index contributed by atoms with van der Waals surface area (Å²) in [6.07, 6.45) is 1.90. The summed E-state index contributed by atoms with van der Waals surface area (Å²) in [6.45, 7) is 2.19. The van der Waals surface area contributed by atoms with E-state index in [4.69, 9.17) is 10.5 Å². The molecule has 6 heteroatoms. The van der Waals surface area contributed by atoms with Gasteiger partial charge < -0.3 is 20.9 Å². The van der Waals surface area contributed by atoms with Crippen LogP contribution in [0.5, 0.6) is 0 Å². The van der Waals surface area contributed by atoms with Gasteiger partial charge in [0.25, 0.3) is 0 Å². The summed E-state index contributed by atoms with van der Waals surface area (Å²) in [5.41, 5.74) is 12.4. The second-order valence-electron chi connectivity index (χ2n) is 9.68. The second-order valence-corrected chi connectivity index (χ2v) is 9.68. The third-order valence-electron chi connectivity index (χ3n) is 6.51. The number of amides is 1. The fraction of sp³-hybridized carbons (Fsp3) is 0.250. The molecule has 0 fully saturated rings. The number of nitrogens with one attached hydrogen (secondary N) is 1. The highest BCUT2D eigenvalue weighted by Gasteiger charge is 2.23. The number of benzene rings is 3. The number of aryl methyl sites for hydroxylation is 1. The van der Waals surface area contributed by atoms with Crippen molar-refractivity contribution in [1.29, 1.82) is 0 Å². The average Bonchev–Trinajstić information content (AvgIpc) is 2.94. The van der Waals surface area contributed by atoms with Gasteiger partial charge in [0.05, 0.1) is 11.8 Å². The summed E-state index contributed by atoms with van der Waals surface area (Å²) in [4.78, 5) is 17.2. The number of ether oxygens (including phenoxy) is 1. The first-order valence-corrected chi connectivity index (χ1v) is 12.9. The maximum Gasteiger partial charge on any atom is 0.407 e. The molecule has 0 saturated heterocycles. The van der Waals surface area contributed by atoms with Gasteiger partial charge in [-0.3, -0.25) is 4.98 Å². The number of nitrogens with two attached hydrogens (primary N) is 1. The van der Waals surface area contributed by atoms with Gasteiger partial charge in [-0.25, -0.2) is 4.79 Å². The van der Waals surface area contributed by atoms with Gasteiger partial charge in [-0.15, -0.1) is 0 Å². The number of pyridine rings is 1. The van der Waals surface area contributed by atoms with Crippen molar-refractivity contribution in [1.82, 2.24) is 10.3 Å². The standard InChI is InChI=1S/C32H35N3O3/c1-23-12-17-30(34-21-23)27-15-13-25(14-16-27)18-28(35-32(37)38-22-26-10-6-3-7-11-26)20-31(36)29(33)19-24-8-4-2-5-9-24/h2-17,21,28-29,31,36H,18-20,22,33H2,1H3,(H,35,37)/t28?,29-,31-/m0/s1. The minimum absolute atomic E-state index is 0.174. The number of nitrogens with zero attached hydrogens (tertiary/aromatic N) is 1. The first-order valence-electron chi connectivity index (χ1n) is 12.9. The Balaban J connectivity index is 1.42. The lowest BCUT2D eigenvalue weighted by atomic mass is 9.94. The normalized spacial score (nSPS) is 13.3. The van der Waals surface area contributed by atoms with Crippen molar-refractivity contribution in [3.8, 4) is 11.3 Å². The largest absolute Gasteiger partial charge is 0.445 e. The van der Waals surface area contributed by atoms with Gasteiger partial charge in [-0.05, 0) is 54.5 Å². The van der Waals surface area contributed by atoms with Crippen LogP contribution in [0, 0.1) is 6.92 Å². The van der Waals surface area contributed by atoms with E-state index >= 15 is 0 Å². The lowest BCUT2D eigenvalue weighted by molar-refractivity contribution is 0.109. The lowest BCUT2D eigenvalue weighted by Gasteiger charge is -2.25. The maximum atomic E-state index is 12.7. The summed E-state index contributed by atoms with van der Waals surface area (Å²) in [5, 5.41) is 13.9. The number of hydrogen-bond acceptors (Lipinski definition) is 5. The molecule has 1 heterocycles. The Bertz CT molecular complexity index is 1260. The van der Waals surface area contributed by atoms with E-state index in [1.165, 1.54) is 0 Å². The van der Waals surface area contributed by atoms with Gasteiger partial charge >= 0.3 is 6.09 Å². The van der Waals surface area contributed by atoms with Crippen LogP contribution in [0.1, 0.15) is 28.7 Å². The Kier molecular flexibility index (Phi) is 9.62. The van der Waals surface area contributed by atoms with Crippen molar-refractivity contribution >= 4 is 6.09 Å². The van der Waals surface area contributed by atoms with Gasteiger partial charge in [0.1, 0.15) is 6.61 Å².